The molecular weight excluding hydrogens is 260 g/mol. The molecule has 0 saturated heterocycles. The minimum atomic E-state index is -0.0410. The first-order chi connectivity index (χ1) is 9.90. The lowest BCUT2D eigenvalue weighted by Crippen LogP contribution is -2.27. The molecule has 2 N–H and O–H groups in total. The lowest BCUT2D eigenvalue weighted by Gasteiger charge is -2.20. The van der Waals surface area contributed by atoms with Gasteiger partial charge in [0.15, 0.2) is 0 Å². The first kappa shape index (κ1) is 15.1. The quantitative estimate of drug-likeness (QED) is 0.866. The lowest BCUT2D eigenvalue weighted by atomic mass is 10.0. The van der Waals surface area contributed by atoms with Crippen molar-refractivity contribution in [2.75, 3.05) is 17.7 Å². The van der Waals surface area contributed by atoms with Gasteiger partial charge in [0.1, 0.15) is 0 Å². The van der Waals surface area contributed by atoms with Crippen LogP contribution in [-0.4, -0.2) is 13.0 Å². The van der Waals surface area contributed by atoms with E-state index in [2.05, 4.69) is 26.0 Å². The van der Waals surface area contributed by atoms with Gasteiger partial charge in [0.2, 0.25) is 0 Å². The van der Waals surface area contributed by atoms with Crippen molar-refractivity contribution in [1.82, 2.24) is 0 Å². The second-order valence-corrected chi connectivity index (χ2v) is 5.69. The number of nitrogen functional groups attached to an aromatic ring is 1. The minimum Gasteiger partial charge on any atom is -0.399 e. The standard InChI is InChI=1S/C18H22N2O/c1-12(2)14-6-5-7-16(10-14)20(4)18(21)17-11-15(19)9-8-13(17)3/h5-12H,19H2,1-4H3. The van der Waals surface area contributed by atoms with E-state index < -0.39 is 0 Å². The van der Waals surface area contributed by atoms with Gasteiger partial charge < -0.3 is 10.6 Å². The predicted molar refractivity (Wildman–Crippen MR) is 88.9 cm³/mol. The van der Waals surface area contributed by atoms with Crippen molar-refractivity contribution in [2.24, 2.45) is 0 Å². The van der Waals surface area contributed by atoms with Crippen molar-refractivity contribution in [3.05, 3.63) is 59.2 Å². The summed E-state index contributed by atoms with van der Waals surface area (Å²) in [4.78, 5) is 14.3. The molecule has 2 aromatic rings. The zero-order valence-corrected chi connectivity index (χ0v) is 13.1. The molecule has 21 heavy (non-hydrogen) atoms. The first-order valence-electron chi connectivity index (χ1n) is 7.14. The number of benzene rings is 2. The summed E-state index contributed by atoms with van der Waals surface area (Å²) in [6.07, 6.45) is 0. The second-order valence-electron chi connectivity index (χ2n) is 5.69. The highest BCUT2D eigenvalue weighted by Gasteiger charge is 2.16. The molecule has 0 atom stereocenters. The fourth-order valence-corrected chi connectivity index (χ4v) is 2.26. The predicted octanol–water partition coefficient (Wildman–Crippen LogP) is 3.98. The fraction of sp³-hybridized carbons (Fsp3) is 0.278. The van der Waals surface area contributed by atoms with Gasteiger partial charge in [-0.25, -0.2) is 0 Å². The highest BCUT2D eigenvalue weighted by Crippen LogP contribution is 2.23. The highest BCUT2D eigenvalue weighted by molar-refractivity contribution is 6.07. The molecule has 3 heteroatoms. The zero-order chi connectivity index (χ0) is 15.6. The topological polar surface area (TPSA) is 46.3 Å². The van der Waals surface area contributed by atoms with Crippen LogP contribution >= 0.6 is 0 Å². The van der Waals surface area contributed by atoms with Gasteiger partial charge in [-0.15, -0.1) is 0 Å². The third kappa shape index (κ3) is 3.24. The number of rotatable bonds is 3. The number of hydrogen-bond donors (Lipinski definition) is 1. The van der Waals surface area contributed by atoms with E-state index in [-0.39, 0.29) is 5.91 Å². The minimum absolute atomic E-state index is 0.0410. The molecule has 0 aliphatic rings. The Kier molecular flexibility index (Phi) is 4.32. The summed E-state index contributed by atoms with van der Waals surface area (Å²) in [6, 6.07) is 13.5. The maximum absolute atomic E-state index is 12.7. The number of carbonyl (C=O) groups excluding carboxylic acids is 1. The number of anilines is 2. The van der Waals surface area contributed by atoms with Crippen LogP contribution in [0.3, 0.4) is 0 Å². The Morgan fingerprint density at radius 2 is 1.86 bits per heavy atom. The third-order valence-corrected chi connectivity index (χ3v) is 3.72. The van der Waals surface area contributed by atoms with Crippen molar-refractivity contribution < 1.29 is 4.79 Å². The number of carbonyl (C=O) groups is 1. The molecule has 2 rings (SSSR count). The van der Waals surface area contributed by atoms with E-state index in [9.17, 15) is 4.79 Å². The van der Waals surface area contributed by atoms with E-state index in [1.54, 1.807) is 18.0 Å². The van der Waals surface area contributed by atoms with Crippen molar-refractivity contribution in [1.29, 1.82) is 0 Å². The van der Waals surface area contributed by atoms with Crippen LogP contribution in [0.4, 0.5) is 11.4 Å². The van der Waals surface area contributed by atoms with E-state index in [0.29, 0.717) is 17.2 Å². The summed E-state index contributed by atoms with van der Waals surface area (Å²) in [7, 11) is 1.80. The van der Waals surface area contributed by atoms with Crippen LogP contribution < -0.4 is 10.6 Å². The van der Waals surface area contributed by atoms with Gasteiger partial charge in [-0.2, -0.15) is 0 Å². The molecule has 2 aromatic carbocycles. The molecule has 1 amide bonds. The molecule has 0 radical (unpaired) electrons. The van der Waals surface area contributed by atoms with Gasteiger partial charge in [-0.3, -0.25) is 4.79 Å². The Labute approximate surface area is 126 Å². The average molecular weight is 282 g/mol. The molecule has 0 spiro atoms. The second kappa shape index (κ2) is 6.00. The summed E-state index contributed by atoms with van der Waals surface area (Å²) in [5.74, 6) is 0.392. The Hall–Kier alpha value is -2.29. The Morgan fingerprint density at radius 1 is 1.14 bits per heavy atom. The summed E-state index contributed by atoms with van der Waals surface area (Å²) in [5, 5.41) is 0. The Balaban J connectivity index is 2.35. The van der Waals surface area contributed by atoms with Crippen molar-refractivity contribution in [3.8, 4) is 0 Å². The van der Waals surface area contributed by atoms with Gasteiger partial charge in [0, 0.05) is 24.0 Å². The molecule has 0 aliphatic carbocycles. The van der Waals surface area contributed by atoms with Crippen LogP contribution in [0.25, 0.3) is 0 Å². The van der Waals surface area contributed by atoms with Gasteiger partial charge in [0.25, 0.3) is 5.91 Å². The average Bonchev–Trinajstić information content (AvgIpc) is 2.48. The Bertz CT molecular complexity index is 662. The summed E-state index contributed by atoms with van der Waals surface area (Å²) in [5.41, 5.74) is 10.1. The van der Waals surface area contributed by atoms with Crippen molar-refractivity contribution in [3.63, 3.8) is 0 Å². The molecule has 0 fully saturated rings. The number of aryl methyl sites for hydroxylation is 1. The maximum atomic E-state index is 12.7. The van der Waals surface area contributed by atoms with Crippen molar-refractivity contribution >= 4 is 17.3 Å². The number of amides is 1. The fourth-order valence-electron chi connectivity index (χ4n) is 2.26. The van der Waals surface area contributed by atoms with Crippen LogP contribution in [0.2, 0.25) is 0 Å². The molecule has 0 unspecified atom stereocenters. The monoisotopic (exact) mass is 282 g/mol. The lowest BCUT2D eigenvalue weighted by molar-refractivity contribution is 0.0992. The van der Waals surface area contributed by atoms with E-state index in [1.807, 2.05) is 31.2 Å². The van der Waals surface area contributed by atoms with Crippen LogP contribution in [0.5, 0.6) is 0 Å². The smallest absolute Gasteiger partial charge is 0.258 e. The molecular formula is C18H22N2O. The van der Waals surface area contributed by atoms with E-state index in [1.165, 1.54) is 5.56 Å². The van der Waals surface area contributed by atoms with E-state index in [4.69, 9.17) is 5.73 Å². The van der Waals surface area contributed by atoms with Gasteiger partial charge >= 0.3 is 0 Å². The highest BCUT2D eigenvalue weighted by atomic mass is 16.2. The molecule has 110 valence electrons. The SMILES string of the molecule is Cc1ccc(N)cc1C(=O)N(C)c1cccc(C(C)C)c1. The van der Waals surface area contributed by atoms with Crippen LogP contribution in [0, 0.1) is 6.92 Å². The Morgan fingerprint density at radius 3 is 2.52 bits per heavy atom. The molecule has 3 nitrogen and oxygen atoms in total. The largest absolute Gasteiger partial charge is 0.399 e. The maximum Gasteiger partial charge on any atom is 0.258 e. The van der Waals surface area contributed by atoms with E-state index in [0.717, 1.165) is 11.3 Å². The summed E-state index contributed by atoms with van der Waals surface area (Å²) in [6.45, 7) is 6.21. The summed E-state index contributed by atoms with van der Waals surface area (Å²) >= 11 is 0. The number of nitrogens with zero attached hydrogens (tertiary/aromatic N) is 1. The van der Waals surface area contributed by atoms with Gasteiger partial charge in [-0.05, 0) is 48.2 Å². The number of hydrogen-bond acceptors (Lipinski definition) is 2. The molecule has 0 aromatic heterocycles. The van der Waals surface area contributed by atoms with E-state index >= 15 is 0 Å². The van der Waals surface area contributed by atoms with Crippen LogP contribution in [0.15, 0.2) is 42.5 Å². The van der Waals surface area contributed by atoms with Crippen LogP contribution in [0.1, 0.15) is 41.3 Å². The zero-order valence-electron chi connectivity index (χ0n) is 13.1. The summed E-state index contributed by atoms with van der Waals surface area (Å²) < 4.78 is 0. The normalized spacial score (nSPS) is 10.7. The third-order valence-electron chi connectivity index (χ3n) is 3.72. The number of nitrogens with two attached hydrogens (primary N) is 1. The molecule has 0 aliphatic heterocycles. The van der Waals surface area contributed by atoms with Crippen molar-refractivity contribution in [2.45, 2.75) is 26.7 Å². The molecule has 0 bridgehead atoms. The van der Waals surface area contributed by atoms with Gasteiger partial charge in [-0.1, -0.05) is 32.0 Å². The first-order valence-corrected chi connectivity index (χ1v) is 7.14. The van der Waals surface area contributed by atoms with Crippen LogP contribution in [-0.2, 0) is 0 Å². The molecule has 0 saturated carbocycles. The molecule has 0 heterocycles. The van der Waals surface area contributed by atoms with Gasteiger partial charge in [0.05, 0.1) is 0 Å².